The average molecular weight is 443 g/mol. The number of phenolic OH excluding ortho intramolecular Hbond substituents is 1. The van der Waals surface area contributed by atoms with E-state index in [-0.39, 0.29) is 28.9 Å². The number of hydrogen-bond donors (Lipinski definition) is 1. The molecule has 0 atom stereocenters. The minimum absolute atomic E-state index is 0.0227. The van der Waals surface area contributed by atoms with Gasteiger partial charge in [-0.15, -0.1) is 0 Å². The largest absolute Gasteiger partial charge is 0.504 e. The monoisotopic (exact) mass is 442 g/mol. The average Bonchev–Trinajstić information content (AvgIpc) is 2.78. The molecule has 1 N–H and O–H groups in total. The van der Waals surface area contributed by atoms with Gasteiger partial charge in [-0.05, 0) is 54.1 Å². The van der Waals surface area contributed by atoms with Crippen LogP contribution in [-0.2, 0) is 6.61 Å². The zero-order valence-electron chi connectivity index (χ0n) is 16.9. The van der Waals surface area contributed by atoms with Crippen LogP contribution >= 0.6 is 11.6 Å². The first-order valence-electron chi connectivity index (χ1n) is 9.25. The van der Waals surface area contributed by atoms with E-state index in [0.29, 0.717) is 17.1 Å². The van der Waals surface area contributed by atoms with Crippen molar-refractivity contribution in [1.82, 2.24) is 0 Å². The Bertz CT molecular complexity index is 1130. The molecule has 0 aromatic heterocycles. The second kappa shape index (κ2) is 10.00. The maximum atomic E-state index is 13.3. The summed E-state index contributed by atoms with van der Waals surface area (Å²) in [6, 6.07) is 13.9. The van der Waals surface area contributed by atoms with Crippen molar-refractivity contribution in [2.24, 2.45) is 0 Å². The van der Waals surface area contributed by atoms with E-state index >= 15 is 0 Å². The number of phenols is 1. The molecule has 0 heterocycles. The smallest absolute Gasteiger partial charge is 0.185 e. The van der Waals surface area contributed by atoms with E-state index in [0.717, 1.165) is 11.1 Å². The SMILES string of the molecule is COc1cc(C(=O)/C=C/c2ccc(OC)c(COc3ccc(F)c(Cl)c3)c2)ccc1O. The van der Waals surface area contributed by atoms with Crippen molar-refractivity contribution in [1.29, 1.82) is 0 Å². The Morgan fingerprint density at radius 1 is 1.03 bits per heavy atom. The topological polar surface area (TPSA) is 65.0 Å². The molecule has 0 aliphatic carbocycles. The van der Waals surface area contributed by atoms with Crippen molar-refractivity contribution in [2.75, 3.05) is 14.2 Å². The van der Waals surface area contributed by atoms with Gasteiger partial charge in [0.05, 0.1) is 19.2 Å². The molecule has 0 aliphatic rings. The summed E-state index contributed by atoms with van der Waals surface area (Å²) >= 11 is 5.79. The number of carbonyl (C=O) groups excluding carboxylic acids is 1. The van der Waals surface area contributed by atoms with Crippen LogP contribution in [0.3, 0.4) is 0 Å². The lowest BCUT2D eigenvalue weighted by molar-refractivity contribution is 0.104. The molecule has 3 rings (SSSR count). The lowest BCUT2D eigenvalue weighted by Gasteiger charge is -2.11. The zero-order chi connectivity index (χ0) is 22.4. The standard InChI is InChI=1S/C24H20ClFO5/c1-29-23-10-4-15(3-8-21(27)16-5-9-22(28)24(12-16)30-2)11-17(23)14-31-18-6-7-20(26)19(25)13-18/h3-13,28H,14H2,1-2H3/b8-3+. The van der Waals surface area contributed by atoms with Gasteiger partial charge in [0.1, 0.15) is 23.9 Å². The summed E-state index contributed by atoms with van der Waals surface area (Å²) < 4.78 is 29.4. The highest BCUT2D eigenvalue weighted by Gasteiger charge is 2.09. The highest BCUT2D eigenvalue weighted by atomic mass is 35.5. The molecular weight excluding hydrogens is 423 g/mol. The molecule has 3 aromatic carbocycles. The molecule has 3 aromatic rings. The number of hydrogen-bond acceptors (Lipinski definition) is 5. The number of rotatable bonds is 8. The lowest BCUT2D eigenvalue weighted by Crippen LogP contribution is -2.00. The van der Waals surface area contributed by atoms with Gasteiger partial charge in [0.25, 0.3) is 0 Å². The zero-order valence-corrected chi connectivity index (χ0v) is 17.7. The third kappa shape index (κ3) is 5.55. The van der Waals surface area contributed by atoms with E-state index in [1.165, 1.54) is 49.6 Å². The van der Waals surface area contributed by atoms with Gasteiger partial charge in [0.15, 0.2) is 17.3 Å². The first kappa shape index (κ1) is 22.2. The Labute approximate surface area is 184 Å². The van der Waals surface area contributed by atoms with Crippen LogP contribution in [0.25, 0.3) is 6.08 Å². The van der Waals surface area contributed by atoms with Crippen molar-refractivity contribution in [2.45, 2.75) is 6.61 Å². The molecule has 0 radical (unpaired) electrons. The van der Waals surface area contributed by atoms with Crippen LogP contribution in [0.5, 0.6) is 23.0 Å². The Hall–Kier alpha value is -3.51. The van der Waals surface area contributed by atoms with Crippen molar-refractivity contribution in [3.05, 3.63) is 88.2 Å². The summed E-state index contributed by atoms with van der Waals surface area (Å²) in [7, 11) is 2.96. The quantitative estimate of drug-likeness (QED) is 0.359. The molecule has 5 nitrogen and oxygen atoms in total. The van der Waals surface area contributed by atoms with Crippen molar-refractivity contribution < 1.29 is 28.5 Å². The van der Waals surface area contributed by atoms with Crippen LogP contribution < -0.4 is 14.2 Å². The molecule has 7 heteroatoms. The Balaban J connectivity index is 1.76. The molecule has 0 saturated heterocycles. The second-order valence-electron chi connectivity index (χ2n) is 6.52. The van der Waals surface area contributed by atoms with Crippen molar-refractivity contribution in [3.8, 4) is 23.0 Å². The fourth-order valence-corrected chi connectivity index (χ4v) is 3.01. The van der Waals surface area contributed by atoms with Gasteiger partial charge in [-0.2, -0.15) is 0 Å². The first-order valence-corrected chi connectivity index (χ1v) is 9.63. The number of aromatic hydroxyl groups is 1. The number of ether oxygens (including phenoxy) is 3. The highest BCUT2D eigenvalue weighted by Crippen LogP contribution is 2.27. The second-order valence-corrected chi connectivity index (χ2v) is 6.93. The van der Waals surface area contributed by atoms with Crippen LogP contribution in [0.1, 0.15) is 21.5 Å². The van der Waals surface area contributed by atoms with Gasteiger partial charge in [0.2, 0.25) is 0 Å². The fraction of sp³-hybridized carbons (Fsp3) is 0.125. The van der Waals surface area contributed by atoms with Crippen molar-refractivity contribution in [3.63, 3.8) is 0 Å². The molecule has 0 unspecified atom stereocenters. The molecule has 160 valence electrons. The van der Waals surface area contributed by atoms with Gasteiger partial charge >= 0.3 is 0 Å². The third-order valence-corrected chi connectivity index (χ3v) is 4.77. The van der Waals surface area contributed by atoms with Crippen LogP contribution in [0.4, 0.5) is 4.39 Å². The number of methoxy groups -OCH3 is 2. The molecular formula is C24H20ClFO5. The maximum absolute atomic E-state index is 13.3. The summed E-state index contributed by atoms with van der Waals surface area (Å²) in [6.07, 6.45) is 3.09. The maximum Gasteiger partial charge on any atom is 0.185 e. The number of benzene rings is 3. The summed E-state index contributed by atoms with van der Waals surface area (Å²) in [6.45, 7) is 0.163. The predicted octanol–water partition coefficient (Wildman–Crippen LogP) is 5.68. The van der Waals surface area contributed by atoms with Crippen LogP contribution in [0, 0.1) is 5.82 Å². The number of carbonyl (C=O) groups is 1. The van der Waals surface area contributed by atoms with E-state index in [1.54, 1.807) is 25.3 Å². The van der Waals surface area contributed by atoms with Crippen molar-refractivity contribution >= 4 is 23.5 Å². The van der Waals surface area contributed by atoms with E-state index in [1.807, 2.05) is 6.07 Å². The van der Waals surface area contributed by atoms with Crippen LogP contribution in [0.2, 0.25) is 5.02 Å². The van der Waals surface area contributed by atoms with Gasteiger partial charge < -0.3 is 19.3 Å². The molecule has 0 fully saturated rings. The van der Waals surface area contributed by atoms with Gasteiger partial charge in [0, 0.05) is 17.2 Å². The molecule has 31 heavy (non-hydrogen) atoms. The fourth-order valence-electron chi connectivity index (χ4n) is 2.84. The van der Waals surface area contributed by atoms with E-state index in [2.05, 4.69) is 0 Å². The summed E-state index contributed by atoms with van der Waals surface area (Å²) in [5, 5.41) is 9.64. The van der Waals surface area contributed by atoms with Gasteiger partial charge in [-0.25, -0.2) is 4.39 Å². The minimum Gasteiger partial charge on any atom is -0.504 e. The molecule has 0 spiro atoms. The molecule has 0 aliphatic heterocycles. The predicted molar refractivity (Wildman–Crippen MR) is 117 cm³/mol. The van der Waals surface area contributed by atoms with Crippen LogP contribution in [0.15, 0.2) is 60.7 Å². The van der Waals surface area contributed by atoms with E-state index in [4.69, 9.17) is 25.8 Å². The number of halogens is 2. The number of allylic oxidation sites excluding steroid dienone is 1. The summed E-state index contributed by atoms with van der Waals surface area (Å²) in [4.78, 5) is 12.5. The normalized spacial score (nSPS) is 10.8. The molecule has 0 bridgehead atoms. The van der Waals surface area contributed by atoms with Gasteiger partial charge in [-0.3, -0.25) is 4.79 Å². The Morgan fingerprint density at radius 3 is 2.52 bits per heavy atom. The Kier molecular flexibility index (Phi) is 7.15. The molecule has 0 saturated carbocycles. The third-order valence-electron chi connectivity index (χ3n) is 4.48. The molecule has 0 amide bonds. The summed E-state index contributed by atoms with van der Waals surface area (Å²) in [5.74, 6) is 0.461. The number of ketones is 1. The van der Waals surface area contributed by atoms with Gasteiger partial charge in [-0.1, -0.05) is 23.7 Å². The van der Waals surface area contributed by atoms with Crippen LogP contribution in [-0.4, -0.2) is 25.1 Å². The first-order chi connectivity index (χ1) is 14.9. The lowest BCUT2D eigenvalue weighted by atomic mass is 10.1. The minimum atomic E-state index is -0.519. The highest BCUT2D eigenvalue weighted by molar-refractivity contribution is 6.30. The summed E-state index contributed by atoms with van der Waals surface area (Å²) in [5.41, 5.74) is 1.88. The Morgan fingerprint density at radius 2 is 1.81 bits per heavy atom. The van der Waals surface area contributed by atoms with E-state index in [9.17, 15) is 14.3 Å². The van der Waals surface area contributed by atoms with E-state index < -0.39 is 5.82 Å².